The van der Waals surface area contributed by atoms with Gasteiger partial charge in [-0.25, -0.2) is 0 Å². The van der Waals surface area contributed by atoms with Crippen molar-refractivity contribution in [2.24, 2.45) is 0 Å². The molecule has 0 saturated carbocycles. The number of hydrogen-bond acceptors (Lipinski definition) is 2. The van der Waals surface area contributed by atoms with E-state index >= 15 is 0 Å². The lowest BCUT2D eigenvalue weighted by Crippen LogP contribution is -2.53. The van der Waals surface area contributed by atoms with Crippen LogP contribution in [0.25, 0.3) is 0 Å². The lowest BCUT2D eigenvalue weighted by atomic mass is 10.0. The van der Waals surface area contributed by atoms with Crippen LogP contribution in [0.2, 0.25) is 0 Å². The number of nitrogens with one attached hydrogen (secondary N) is 1. The zero-order valence-corrected chi connectivity index (χ0v) is 12.4. The summed E-state index contributed by atoms with van der Waals surface area (Å²) in [5, 5.41) is 3.30. The Labute approximate surface area is 112 Å². The van der Waals surface area contributed by atoms with Gasteiger partial charge in [0.2, 0.25) is 5.91 Å². The van der Waals surface area contributed by atoms with Crippen molar-refractivity contribution in [1.82, 2.24) is 10.2 Å². The molecule has 1 rings (SSSR count). The summed E-state index contributed by atoms with van der Waals surface area (Å²) in [5.41, 5.74) is 0. The molecular formula is C15H30N2O. The number of rotatable bonds is 8. The Morgan fingerprint density at radius 1 is 1.33 bits per heavy atom. The molecule has 18 heavy (non-hydrogen) atoms. The minimum Gasteiger partial charge on any atom is -0.339 e. The van der Waals surface area contributed by atoms with Crippen molar-refractivity contribution in [3.63, 3.8) is 0 Å². The van der Waals surface area contributed by atoms with E-state index < -0.39 is 0 Å². The second-order valence-corrected chi connectivity index (χ2v) is 5.48. The average molecular weight is 254 g/mol. The highest BCUT2D eigenvalue weighted by atomic mass is 16.2. The third-order valence-corrected chi connectivity index (χ3v) is 3.93. The minimum absolute atomic E-state index is 0.0711. The molecule has 0 spiro atoms. The Balaban J connectivity index is 2.36. The Morgan fingerprint density at radius 2 is 2.11 bits per heavy atom. The van der Waals surface area contributed by atoms with E-state index in [-0.39, 0.29) is 6.04 Å². The van der Waals surface area contributed by atoms with Crippen molar-refractivity contribution < 1.29 is 4.79 Å². The summed E-state index contributed by atoms with van der Waals surface area (Å²) in [6.07, 6.45) is 8.46. The van der Waals surface area contributed by atoms with Gasteiger partial charge in [-0.15, -0.1) is 0 Å². The fourth-order valence-electron chi connectivity index (χ4n) is 2.80. The maximum atomic E-state index is 12.3. The summed E-state index contributed by atoms with van der Waals surface area (Å²) in [6.45, 7) is 8.35. The summed E-state index contributed by atoms with van der Waals surface area (Å²) >= 11 is 0. The normalized spacial score (nSPS) is 22.3. The van der Waals surface area contributed by atoms with Gasteiger partial charge in [0.1, 0.15) is 0 Å². The first-order valence-corrected chi connectivity index (χ1v) is 7.74. The van der Waals surface area contributed by atoms with Gasteiger partial charge in [-0.2, -0.15) is 0 Å². The first kappa shape index (κ1) is 15.5. The number of likely N-dealkylation sites (tertiary alicyclic amines) is 1. The van der Waals surface area contributed by atoms with Crippen LogP contribution >= 0.6 is 0 Å². The molecule has 3 nitrogen and oxygen atoms in total. The van der Waals surface area contributed by atoms with Crippen molar-refractivity contribution in [3.8, 4) is 0 Å². The molecule has 1 amide bonds. The van der Waals surface area contributed by atoms with Crippen molar-refractivity contribution in [2.45, 2.75) is 77.8 Å². The van der Waals surface area contributed by atoms with Crippen molar-refractivity contribution in [2.75, 3.05) is 13.1 Å². The van der Waals surface area contributed by atoms with Gasteiger partial charge in [-0.3, -0.25) is 4.79 Å². The van der Waals surface area contributed by atoms with Crippen molar-refractivity contribution in [1.29, 1.82) is 0 Å². The third-order valence-electron chi connectivity index (χ3n) is 3.93. The lowest BCUT2D eigenvalue weighted by Gasteiger charge is -2.37. The highest BCUT2D eigenvalue weighted by Crippen LogP contribution is 2.18. The fourth-order valence-corrected chi connectivity index (χ4v) is 2.80. The van der Waals surface area contributed by atoms with E-state index in [0.717, 1.165) is 32.4 Å². The third kappa shape index (κ3) is 4.60. The van der Waals surface area contributed by atoms with Gasteiger partial charge in [0.25, 0.3) is 0 Å². The molecule has 3 heteroatoms. The SMILES string of the molecule is CCCCCCC(C)N1CCCC(NCC)C1=O. The summed E-state index contributed by atoms with van der Waals surface area (Å²) < 4.78 is 0. The lowest BCUT2D eigenvalue weighted by molar-refractivity contribution is -0.138. The first-order valence-electron chi connectivity index (χ1n) is 7.74. The van der Waals surface area contributed by atoms with Crippen LogP contribution in [0.15, 0.2) is 0 Å². The molecule has 1 heterocycles. The summed E-state index contributed by atoms with van der Waals surface area (Å²) in [7, 11) is 0. The van der Waals surface area contributed by atoms with E-state index in [9.17, 15) is 4.79 Å². The number of amides is 1. The molecule has 2 unspecified atom stereocenters. The molecule has 0 aromatic heterocycles. The summed E-state index contributed by atoms with van der Waals surface area (Å²) in [6, 6.07) is 0.484. The number of carbonyl (C=O) groups excluding carboxylic acids is 1. The van der Waals surface area contributed by atoms with E-state index in [4.69, 9.17) is 0 Å². The molecule has 2 atom stereocenters. The van der Waals surface area contributed by atoms with Crippen molar-refractivity contribution in [3.05, 3.63) is 0 Å². The first-order chi connectivity index (χ1) is 8.70. The van der Waals surface area contributed by atoms with Crippen LogP contribution in [-0.4, -0.2) is 36.0 Å². The predicted molar refractivity (Wildman–Crippen MR) is 76.6 cm³/mol. The topological polar surface area (TPSA) is 32.3 Å². The number of piperidine rings is 1. The molecule has 0 aliphatic carbocycles. The van der Waals surface area contributed by atoms with Crippen molar-refractivity contribution >= 4 is 5.91 Å². The van der Waals surface area contributed by atoms with Crippen LogP contribution in [0.3, 0.4) is 0 Å². The van der Waals surface area contributed by atoms with Crippen LogP contribution in [0.1, 0.15) is 65.7 Å². The highest BCUT2D eigenvalue weighted by Gasteiger charge is 2.30. The predicted octanol–water partition coefficient (Wildman–Crippen LogP) is 2.95. The largest absolute Gasteiger partial charge is 0.339 e. The molecule has 0 bridgehead atoms. The molecule has 0 aromatic rings. The minimum atomic E-state index is 0.0711. The highest BCUT2D eigenvalue weighted by molar-refractivity contribution is 5.82. The Morgan fingerprint density at radius 3 is 2.78 bits per heavy atom. The van der Waals surface area contributed by atoms with Crippen LogP contribution in [0.5, 0.6) is 0 Å². The number of carbonyl (C=O) groups is 1. The molecule has 0 radical (unpaired) electrons. The zero-order chi connectivity index (χ0) is 13.4. The monoisotopic (exact) mass is 254 g/mol. The molecule has 1 fully saturated rings. The fraction of sp³-hybridized carbons (Fsp3) is 0.933. The van der Waals surface area contributed by atoms with E-state index in [0.29, 0.717) is 11.9 Å². The Kier molecular flexibility index (Phi) is 7.33. The molecule has 1 aliphatic rings. The van der Waals surface area contributed by atoms with E-state index in [1.165, 1.54) is 25.7 Å². The quantitative estimate of drug-likeness (QED) is 0.675. The second kappa shape index (κ2) is 8.52. The van der Waals surface area contributed by atoms with Gasteiger partial charge >= 0.3 is 0 Å². The number of likely N-dealkylation sites (N-methyl/N-ethyl adjacent to an activating group) is 1. The zero-order valence-electron chi connectivity index (χ0n) is 12.4. The van der Waals surface area contributed by atoms with E-state index in [1.54, 1.807) is 0 Å². The van der Waals surface area contributed by atoms with Gasteiger partial charge in [0.05, 0.1) is 6.04 Å². The number of unbranched alkanes of at least 4 members (excludes halogenated alkanes) is 3. The van der Waals surface area contributed by atoms with E-state index in [2.05, 4.69) is 31.0 Å². The van der Waals surface area contributed by atoms with Gasteiger partial charge in [0.15, 0.2) is 0 Å². The van der Waals surface area contributed by atoms with Gasteiger partial charge < -0.3 is 10.2 Å². The van der Waals surface area contributed by atoms with Crippen LogP contribution < -0.4 is 5.32 Å². The number of hydrogen-bond donors (Lipinski definition) is 1. The maximum absolute atomic E-state index is 12.3. The molecule has 0 aromatic carbocycles. The summed E-state index contributed by atoms with van der Waals surface area (Å²) in [5.74, 6) is 0.325. The average Bonchev–Trinajstić information content (AvgIpc) is 2.37. The van der Waals surface area contributed by atoms with Gasteiger partial charge in [-0.1, -0.05) is 39.5 Å². The van der Waals surface area contributed by atoms with Crippen LogP contribution in [-0.2, 0) is 4.79 Å². The Bertz CT molecular complexity index is 241. The standard InChI is InChI=1S/C15H30N2O/c1-4-6-7-8-10-13(3)17-12-9-11-14(15(17)18)16-5-2/h13-14,16H,4-12H2,1-3H3. The maximum Gasteiger partial charge on any atom is 0.239 e. The van der Waals surface area contributed by atoms with Crippen LogP contribution in [0.4, 0.5) is 0 Å². The smallest absolute Gasteiger partial charge is 0.239 e. The summed E-state index contributed by atoms with van der Waals surface area (Å²) in [4.78, 5) is 14.4. The van der Waals surface area contributed by atoms with Gasteiger partial charge in [-0.05, 0) is 32.7 Å². The van der Waals surface area contributed by atoms with E-state index in [1.807, 2.05) is 0 Å². The van der Waals surface area contributed by atoms with Gasteiger partial charge in [0, 0.05) is 12.6 Å². The number of nitrogens with zero attached hydrogens (tertiary/aromatic N) is 1. The molecule has 1 N–H and O–H groups in total. The molecule has 106 valence electrons. The Hall–Kier alpha value is -0.570. The molecule has 1 saturated heterocycles. The second-order valence-electron chi connectivity index (χ2n) is 5.48. The van der Waals surface area contributed by atoms with Crippen LogP contribution in [0, 0.1) is 0 Å². The molecular weight excluding hydrogens is 224 g/mol. The molecule has 1 aliphatic heterocycles.